The second kappa shape index (κ2) is 5.47. The normalized spacial score (nSPS) is 10.8. The smallest absolute Gasteiger partial charge is 0.208 e. The SMILES string of the molecule is CS(=O)(=O)NCCNc1ncc(C#N)cc1N. The number of nitrogen functional groups attached to an aromatic ring is 1. The number of anilines is 2. The fourth-order valence-electron chi connectivity index (χ4n) is 1.11. The summed E-state index contributed by atoms with van der Waals surface area (Å²) >= 11 is 0. The quantitative estimate of drug-likeness (QED) is 0.610. The van der Waals surface area contributed by atoms with Crippen molar-refractivity contribution in [3.8, 4) is 6.07 Å². The molecule has 7 nitrogen and oxygen atoms in total. The number of rotatable bonds is 5. The molecule has 0 aliphatic heterocycles. The Morgan fingerprint density at radius 2 is 2.24 bits per heavy atom. The Morgan fingerprint density at radius 1 is 1.53 bits per heavy atom. The van der Waals surface area contributed by atoms with E-state index >= 15 is 0 Å². The molecule has 0 saturated carbocycles. The summed E-state index contributed by atoms with van der Waals surface area (Å²) in [6, 6.07) is 3.42. The molecule has 0 atom stereocenters. The van der Waals surface area contributed by atoms with Gasteiger partial charge in [0.25, 0.3) is 0 Å². The first-order chi connectivity index (χ1) is 7.92. The van der Waals surface area contributed by atoms with Crippen LogP contribution in [0.3, 0.4) is 0 Å². The van der Waals surface area contributed by atoms with Crippen molar-refractivity contribution in [3.05, 3.63) is 17.8 Å². The maximum absolute atomic E-state index is 10.8. The summed E-state index contributed by atoms with van der Waals surface area (Å²) in [7, 11) is -3.18. The zero-order valence-corrected chi connectivity index (χ0v) is 10.1. The van der Waals surface area contributed by atoms with E-state index in [1.807, 2.05) is 6.07 Å². The minimum atomic E-state index is -3.18. The number of nitrogens with zero attached hydrogens (tertiary/aromatic N) is 2. The topological polar surface area (TPSA) is 121 Å². The van der Waals surface area contributed by atoms with Crippen LogP contribution in [-0.2, 0) is 10.0 Å². The van der Waals surface area contributed by atoms with E-state index in [9.17, 15) is 8.42 Å². The van der Waals surface area contributed by atoms with Crippen LogP contribution in [-0.4, -0.2) is 32.7 Å². The Hall–Kier alpha value is -1.85. The molecule has 1 heterocycles. The highest BCUT2D eigenvalue weighted by molar-refractivity contribution is 7.88. The van der Waals surface area contributed by atoms with Crippen molar-refractivity contribution in [2.45, 2.75) is 0 Å². The molecule has 92 valence electrons. The minimum absolute atomic E-state index is 0.236. The second-order valence-corrected chi connectivity index (χ2v) is 5.20. The molecule has 1 aromatic rings. The molecular weight excluding hydrogens is 242 g/mol. The highest BCUT2D eigenvalue weighted by atomic mass is 32.2. The van der Waals surface area contributed by atoms with Crippen LogP contribution in [0.4, 0.5) is 11.5 Å². The number of nitrogens with one attached hydrogen (secondary N) is 2. The van der Waals surface area contributed by atoms with E-state index in [0.717, 1.165) is 6.26 Å². The van der Waals surface area contributed by atoms with Gasteiger partial charge in [0.2, 0.25) is 10.0 Å². The van der Waals surface area contributed by atoms with E-state index in [1.54, 1.807) is 0 Å². The number of aromatic nitrogens is 1. The van der Waals surface area contributed by atoms with Gasteiger partial charge in [-0.3, -0.25) is 0 Å². The van der Waals surface area contributed by atoms with Crippen LogP contribution in [0, 0.1) is 11.3 Å². The summed E-state index contributed by atoms with van der Waals surface area (Å²) in [6.45, 7) is 0.593. The molecule has 0 saturated heterocycles. The zero-order valence-electron chi connectivity index (χ0n) is 9.27. The number of hydrogen-bond donors (Lipinski definition) is 3. The predicted molar refractivity (Wildman–Crippen MR) is 64.7 cm³/mol. The van der Waals surface area contributed by atoms with E-state index in [4.69, 9.17) is 11.0 Å². The third-order valence-electron chi connectivity index (χ3n) is 1.83. The minimum Gasteiger partial charge on any atom is -0.396 e. The molecule has 0 aromatic carbocycles. The third-order valence-corrected chi connectivity index (χ3v) is 2.56. The Morgan fingerprint density at radius 3 is 2.76 bits per heavy atom. The number of sulfonamides is 1. The standard InChI is InChI=1S/C9H13N5O2S/c1-17(15,16)14-3-2-12-9-8(11)4-7(5-10)6-13-9/h4,6,14H,2-3,11H2,1H3,(H,12,13). The monoisotopic (exact) mass is 255 g/mol. The van der Waals surface area contributed by atoms with Gasteiger partial charge in [0.05, 0.1) is 17.5 Å². The first kappa shape index (κ1) is 13.2. The molecule has 0 fully saturated rings. The van der Waals surface area contributed by atoms with Crippen LogP contribution < -0.4 is 15.8 Å². The average molecular weight is 255 g/mol. The van der Waals surface area contributed by atoms with Crippen LogP contribution in [0.25, 0.3) is 0 Å². The van der Waals surface area contributed by atoms with Crippen molar-refractivity contribution in [1.29, 1.82) is 5.26 Å². The molecule has 1 rings (SSSR count). The van der Waals surface area contributed by atoms with Crippen molar-refractivity contribution in [2.75, 3.05) is 30.4 Å². The van der Waals surface area contributed by atoms with Gasteiger partial charge in [-0.05, 0) is 6.07 Å². The molecular formula is C9H13N5O2S. The molecule has 4 N–H and O–H groups in total. The maximum Gasteiger partial charge on any atom is 0.208 e. The van der Waals surface area contributed by atoms with Crippen molar-refractivity contribution >= 4 is 21.5 Å². The van der Waals surface area contributed by atoms with Gasteiger partial charge in [0.15, 0.2) is 0 Å². The van der Waals surface area contributed by atoms with Crippen molar-refractivity contribution in [3.63, 3.8) is 0 Å². The second-order valence-electron chi connectivity index (χ2n) is 3.37. The van der Waals surface area contributed by atoms with Gasteiger partial charge in [-0.15, -0.1) is 0 Å². The molecule has 0 radical (unpaired) electrons. The van der Waals surface area contributed by atoms with E-state index in [2.05, 4.69) is 15.0 Å². The van der Waals surface area contributed by atoms with Crippen LogP contribution in [0.5, 0.6) is 0 Å². The fourth-order valence-corrected chi connectivity index (χ4v) is 1.58. The Labute approximate surface area is 99.7 Å². The van der Waals surface area contributed by atoms with E-state index in [1.165, 1.54) is 12.3 Å². The number of hydrogen-bond acceptors (Lipinski definition) is 6. The lowest BCUT2D eigenvalue weighted by atomic mass is 10.3. The molecule has 1 aromatic heterocycles. The molecule has 0 aliphatic rings. The zero-order chi connectivity index (χ0) is 12.9. The number of nitrogens with two attached hydrogens (primary N) is 1. The molecule has 0 spiro atoms. The molecule has 17 heavy (non-hydrogen) atoms. The number of pyridine rings is 1. The van der Waals surface area contributed by atoms with Crippen LogP contribution in [0.2, 0.25) is 0 Å². The molecule has 8 heteroatoms. The van der Waals surface area contributed by atoms with E-state index in [-0.39, 0.29) is 6.54 Å². The third kappa shape index (κ3) is 4.67. The summed E-state index contributed by atoms with van der Waals surface area (Å²) in [4.78, 5) is 3.95. The highest BCUT2D eigenvalue weighted by Gasteiger charge is 2.03. The first-order valence-corrected chi connectivity index (χ1v) is 6.65. The van der Waals surface area contributed by atoms with Gasteiger partial charge < -0.3 is 11.1 Å². The van der Waals surface area contributed by atoms with Crippen molar-refractivity contribution in [2.24, 2.45) is 0 Å². The van der Waals surface area contributed by atoms with Crippen LogP contribution >= 0.6 is 0 Å². The average Bonchev–Trinajstić information content (AvgIpc) is 2.24. The predicted octanol–water partition coefficient (Wildman–Crippen LogP) is -0.503. The summed E-state index contributed by atoms with van der Waals surface area (Å²) in [5.41, 5.74) is 6.38. The lowest BCUT2D eigenvalue weighted by Gasteiger charge is -2.08. The summed E-state index contributed by atoms with van der Waals surface area (Å²) in [5, 5.41) is 11.5. The summed E-state index contributed by atoms with van der Waals surface area (Å²) < 4.78 is 23.9. The van der Waals surface area contributed by atoms with E-state index < -0.39 is 10.0 Å². The lowest BCUT2D eigenvalue weighted by Crippen LogP contribution is -2.27. The van der Waals surface area contributed by atoms with Crippen LogP contribution in [0.15, 0.2) is 12.3 Å². The highest BCUT2D eigenvalue weighted by Crippen LogP contribution is 2.15. The number of nitriles is 1. The molecule has 0 unspecified atom stereocenters. The van der Waals surface area contributed by atoms with Crippen LogP contribution in [0.1, 0.15) is 5.56 Å². The maximum atomic E-state index is 10.8. The van der Waals surface area contributed by atoms with E-state index in [0.29, 0.717) is 23.6 Å². The van der Waals surface area contributed by atoms with Crippen molar-refractivity contribution in [1.82, 2.24) is 9.71 Å². The van der Waals surface area contributed by atoms with Gasteiger partial charge in [0.1, 0.15) is 11.9 Å². The lowest BCUT2D eigenvalue weighted by molar-refractivity contribution is 0.589. The van der Waals surface area contributed by atoms with Gasteiger partial charge >= 0.3 is 0 Å². The van der Waals surface area contributed by atoms with Gasteiger partial charge in [-0.25, -0.2) is 18.1 Å². The van der Waals surface area contributed by atoms with Gasteiger partial charge in [0, 0.05) is 19.3 Å². The Kier molecular flexibility index (Phi) is 4.25. The molecule has 0 amide bonds. The van der Waals surface area contributed by atoms with Gasteiger partial charge in [-0.2, -0.15) is 5.26 Å². The fraction of sp³-hybridized carbons (Fsp3) is 0.333. The molecule has 0 bridgehead atoms. The summed E-state index contributed by atoms with van der Waals surface area (Å²) in [5.74, 6) is 0.430. The summed E-state index contributed by atoms with van der Waals surface area (Å²) in [6.07, 6.45) is 2.48. The first-order valence-electron chi connectivity index (χ1n) is 4.76. The Bertz CT molecular complexity index is 535. The van der Waals surface area contributed by atoms with Crippen molar-refractivity contribution < 1.29 is 8.42 Å². The Balaban J connectivity index is 2.51. The molecule has 0 aliphatic carbocycles. The van der Waals surface area contributed by atoms with Gasteiger partial charge in [-0.1, -0.05) is 0 Å². The largest absolute Gasteiger partial charge is 0.396 e.